The third kappa shape index (κ3) is 7.53. The Morgan fingerprint density at radius 3 is 2.34 bits per heavy atom. The zero-order chi connectivity index (χ0) is 26.9. The predicted octanol–water partition coefficient (Wildman–Crippen LogP) is 7.74. The number of anilines is 1. The van der Waals surface area contributed by atoms with Gasteiger partial charge in [0.05, 0.1) is 17.8 Å². The van der Waals surface area contributed by atoms with Gasteiger partial charge in [-0.05, 0) is 67.0 Å². The van der Waals surface area contributed by atoms with Crippen molar-refractivity contribution >= 4 is 23.0 Å². The number of hydrogen-bond donors (Lipinski definition) is 3. The lowest BCUT2D eigenvalue weighted by molar-refractivity contribution is 0.0697. The minimum atomic E-state index is -0.930. The van der Waals surface area contributed by atoms with Crippen LogP contribution in [0.5, 0.6) is 0 Å². The lowest BCUT2D eigenvalue weighted by atomic mass is 9.92. The fourth-order valence-electron chi connectivity index (χ4n) is 4.66. The quantitative estimate of drug-likeness (QED) is 0.166. The second-order valence-electron chi connectivity index (χ2n) is 9.80. The Morgan fingerprint density at radius 2 is 1.66 bits per heavy atom. The van der Waals surface area contributed by atoms with Crippen molar-refractivity contribution in [2.45, 2.75) is 65.1 Å². The molecule has 0 fully saturated rings. The number of rotatable bonds is 13. The molecule has 0 aliphatic rings. The zero-order valence-electron chi connectivity index (χ0n) is 22.4. The van der Waals surface area contributed by atoms with Gasteiger partial charge in [0.25, 0.3) is 0 Å². The Labute approximate surface area is 230 Å². The predicted molar refractivity (Wildman–Crippen MR) is 158 cm³/mol. The van der Waals surface area contributed by atoms with Crippen LogP contribution in [0.25, 0.3) is 11.3 Å². The van der Waals surface area contributed by atoms with E-state index in [1.54, 1.807) is 29.5 Å². The highest BCUT2D eigenvalue weighted by Crippen LogP contribution is 2.24. The van der Waals surface area contributed by atoms with E-state index in [1.165, 1.54) is 29.5 Å². The van der Waals surface area contributed by atoms with Gasteiger partial charge in [0, 0.05) is 29.2 Å². The maximum absolute atomic E-state index is 11.2. The van der Waals surface area contributed by atoms with Crippen LogP contribution < -0.4 is 10.6 Å². The fourth-order valence-corrected chi connectivity index (χ4v) is 5.40. The second kappa shape index (κ2) is 13.4. The number of benzene rings is 3. The average molecular weight is 528 g/mol. The van der Waals surface area contributed by atoms with E-state index in [2.05, 4.69) is 85.3 Å². The van der Waals surface area contributed by atoms with Crippen molar-refractivity contribution in [2.24, 2.45) is 0 Å². The van der Waals surface area contributed by atoms with Gasteiger partial charge in [-0.3, -0.25) is 0 Å². The Hall–Kier alpha value is -3.48. The molecule has 3 N–H and O–H groups in total. The fraction of sp³-hybridized carbons (Fsp3) is 0.312. The molecule has 38 heavy (non-hydrogen) atoms. The number of carboxylic acids is 1. The van der Waals surface area contributed by atoms with Gasteiger partial charge in [-0.2, -0.15) is 0 Å². The number of aromatic carboxylic acids is 1. The van der Waals surface area contributed by atoms with Crippen LogP contribution in [0.4, 0.5) is 5.69 Å². The molecule has 4 aromatic rings. The number of nitrogens with one attached hydrogen (secondary N) is 2. The summed E-state index contributed by atoms with van der Waals surface area (Å²) in [4.78, 5) is 15.9. The number of hydrogen-bond acceptors (Lipinski definition) is 5. The van der Waals surface area contributed by atoms with E-state index >= 15 is 0 Å². The number of carboxylic acid groups (broad SMARTS) is 1. The summed E-state index contributed by atoms with van der Waals surface area (Å²) >= 11 is 1.60. The van der Waals surface area contributed by atoms with Crippen LogP contribution in [-0.2, 0) is 19.5 Å². The highest BCUT2D eigenvalue weighted by Gasteiger charge is 2.09. The summed E-state index contributed by atoms with van der Waals surface area (Å²) in [5.74, 6) is -0.265. The van der Waals surface area contributed by atoms with Crippen molar-refractivity contribution in [1.29, 1.82) is 0 Å². The number of carbonyl (C=O) groups is 1. The molecule has 0 aliphatic heterocycles. The summed E-state index contributed by atoms with van der Waals surface area (Å²) in [5, 5.41) is 19.1. The van der Waals surface area contributed by atoms with E-state index in [0.29, 0.717) is 18.5 Å². The Bertz CT molecular complexity index is 1310. The van der Waals surface area contributed by atoms with Gasteiger partial charge in [-0.15, -0.1) is 11.3 Å². The molecule has 0 bridgehead atoms. The monoisotopic (exact) mass is 527 g/mol. The minimum Gasteiger partial charge on any atom is -0.478 e. The van der Waals surface area contributed by atoms with Crippen molar-refractivity contribution in [1.82, 2.24) is 10.3 Å². The summed E-state index contributed by atoms with van der Waals surface area (Å²) in [6.45, 7) is 8.15. The van der Waals surface area contributed by atoms with Crippen molar-refractivity contribution in [3.8, 4) is 11.3 Å². The lowest BCUT2D eigenvalue weighted by Gasteiger charge is -2.16. The molecule has 0 aliphatic carbocycles. The standard InChI is InChI=1S/C32H37N3O2S/c1-4-25(5-2)26-13-9-23(10-14-26)17-22(3)33-19-24-11-15-27(16-12-24)30-21-38-31(35-30)20-34-29-8-6-7-28(18-29)32(36)37/h6-16,18,21-22,25,33-34H,4-5,17,19-20H2,1-3H3,(H,36,37). The first kappa shape index (κ1) is 27.6. The summed E-state index contributed by atoms with van der Waals surface area (Å²) < 4.78 is 0. The largest absolute Gasteiger partial charge is 0.478 e. The van der Waals surface area contributed by atoms with E-state index in [9.17, 15) is 4.79 Å². The van der Waals surface area contributed by atoms with Crippen LogP contribution in [0.1, 0.15) is 71.6 Å². The molecule has 3 aromatic carbocycles. The lowest BCUT2D eigenvalue weighted by Crippen LogP contribution is -2.27. The van der Waals surface area contributed by atoms with Crippen molar-refractivity contribution < 1.29 is 9.90 Å². The first-order valence-electron chi connectivity index (χ1n) is 13.4. The van der Waals surface area contributed by atoms with E-state index in [-0.39, 0.29) is 5.56 Å². The zero-order valence-corrected chi connectivity index (χ0v) is 23.2. The molecular weight excluding hydrogens is 490 g/mol. The van der Waals surface area contributed by atoms with Crippen LogP contribution in [0.15, 0.2) is 78.2 Å². The number of nitrogens with zero attached hydrogens (tertiary/aromatic N) is 1. The van der Waals surface area contributed by atoms with Gasteiger partial charge in [0.15, 0.2) is 0 Å². The molecule has 0 amide bonds. The maximum Gasteiger partial charge on any atom is 0.335 e. The first-order valence-corrected chi connectivity index (χ1v) is 14.3. The van der Waals surface area contributed by atoms with Gasteiger partial charge in [0.1, 0.15) is 5.01 Å². The number of thiazole rings is 1. The van der Waals surface area contributed by atoms with Crippen LogP contribution >= 0.6 is 11.3 Å². The molecule has 1 unspecified atom stereocenters. The third-order valence-electron chi connectivity index (χ3n) is 6.99. The van der Waals surface area contributed by atoms with Crippen molar-refractivity contribution in [3.63, 3.8) is 0 Å². The Balaban J connectivity index is 1.26. The van der Waals surface area contributed by atoms with E-state index in [4.69, 9.17) is 10.1 Å². The first-order chi connectivity index (χ1) is 18.4. The molecule has 1 heterocycles. The van der Waals surface area contributed by atoms with E-state index < -0.39 is 5.97 Å². The van der Waals surface area contributed by atoms with Crippen LogP contribution in [-0.4, -0.2) is 22.1 Å². The second-order valence-corrected chi connectivity index (χ2v) is 10.7. The van der Waals surface area contributed by atoms with Gasteiger partial charge >= 0.3 is 5.97 Å². The molecule has 5 nitrogen and oxygen atoms in total. The molecule has 1 aromatic heterocycles. The molecule has 1 atom stereocenters. The molecule has 6 heteroatoms. The molecular formula is C32H37N3O2S. The molecule has 198 valence electrons. The van der Waals surface area contributed by atoms with Crippen molar-refractivity contribution in [3.05, 3.63) is 105 Å². The van der Waals surface area contributed by atoms with E-state index in [1.807, 2.05) is 6.07 Å². The van der Waals surface area contributed by atoms with Gasteiger partial charge in [-0.25, -0.2) is 9.78 Å². The normalized spacial score (nSPS) is 12.0. The SMILES string of the molecule is CCC(CC)c1ccc(CC(C)NCc2ccc(-c3csc(CNc4cccc(C(=O)O)c4)n3)cc2)cc1. The van der Waals surface area contributed by atoms with Crippen LogP contribution in [0.2, 0.25) is 0 Å². The summed E-state index contributed by atoms with van der Waals surface area (Å²) in [6, 6.07) is 24.9. The highest BCUT2D eigenvalue weighted by molar-refractivity contribution is 7.10. The maximum atomic E-state index is 11.2. The van der Waals surface area contributed by atoms with Gasteiger partial charge in [0.2, 0.25) is 0 Å². The highest BCUT2D eigenvalue weighted by atomic mass is 32.1. The van der Waals surface area contributed by atoms with Crippen LogP contribution in [0, 0.1) is 0 Å². The van der Waals surface area contributed by atoms with Crippen molar-refractivity contribution in [2.75, 3.05) is 5.32 Å². The molecule has 0 saturated carbocycles. The summed E-state index contributed by atoms with van der Waals surface area (Å²) in [5.41, 5.74) is 7.16. The van der Waals surface area contributed by atoms with Crippen LogP contribution in [0.3, 0.4) is 0 Å². The smallest absolute Gasteiger partial charge is 0.335 e. The van der Waals surface area contributed by atoms with E-state index in [0.717, 1.165) is 34.9 Å². The van der Waals surface area contributed by atoms with Gasteiger partial charge < -0.3 is 15.7 Å². The Morgan fingerprint density at radius 1 is 0.947 bits per heavy atom. The average Bonchev–Trinajstić information content (AvgIpc) is 3.42. The Kier molecular flexibility index (Phi) is 9.68. The summed E-state index contributed by atoms with van der Waals surface area (Å²) in [6.07, 6.45) is 3.40. The number of aromatic nitrogens is 1. The molecule has 0 saturated heterocycles. The molecule has 0 radical (unpaired) electrons. The summed E-state index contributed by atoms with van der Waals surface area (Å²) in [7, 11) is 0. The third-order valence-corrected chi connectivity index (χ3v) is 7.84. The minimum absolute atomic E-state index is 0.268. The molecule has 0 spiro atoms. The topological polar surface area (TPSA) is 74.2 Å². The van der Waals surface area contributed by atoms with Gasteiger partial charge in [-0.1, -0.05) is 68.4 Å². The molecule has 4 rings (SSSR count).